The van der Waals surface area contributed by atoms with Gasteiger partial charge in [-0.1, -0.05) is 87.2 Å². The number of hydrogen-bond donors (Lipinski definition) is 0. The molecule has 0 radical (unpaired) electrons. The van der Waals surface area contributed by atoms with Crippen molar-refractivity contribution in [3.8, 4) is 0 Å². The van der Waals surface area contributed by atoms with Crippen LogP contribution >= 0.6 is 60.3 Å². The average molecular weight is 909 g/mol. The summed E-state index contributed by atoms with van der Waals surface area (Å²) < 4.78 is 6.27. The predicted octanol–water partition coefficient (Wildman–Crippen LogP) is 12.1. The molecule has 4 atom stereocenters. The Morgan fingerprint density at radius 3 is 1.36 bits per heavy atom. The summed E-state index contributed by atoms with van der Waals surface area (Å²) in [5.41, 5.74) is 2.46. The molecular weight excluding hydrogens is 847 g/mol. The Labute approximate surface area is 299 Å². The van der Waals surface area contributed by atoms with Gasteiger partial charge in [0.15, 0.2) is 8.32 Å². The Hall–Kier alpha value is 1.93. The van der Waals surface area contributed by atoms with Crippen LogP contribution in [0.2, 0.25) is 19.6 Å². The Morgan fingerprint density at radius 2 is 1.05 bits per heavy atom. The predicted molar refractivity (Wildman–Crippen MR) is 202 cm³/mol. The van der Waals surface area contributed by atoms with Gasteiger partial charge in [-0.05, 0) is 112 Å². The molecule has 2 aliphatic rings. The molecule has 0 amide bonds. The molecule has 9 heteroatoms. The van der Waals surface area contributed by atoms with Crippen LogP contribution in [0, 0.1) is 47.3 Å². The van der Waals surface area contributed by atoms with Crippen LogP contribution < -0.4 is 0 Å². The van der Waals surface area contributed by atoms with E-state index >= 15 is 0 Å². The van der Waals surface area contributed by atoms with E-state index in [9.17, 15) is 0 Å². The fraction of sp³-hybridized carbons (Fsp3) is 0.939. The maximum atomic E-state index is 6.27. The number of hydrogen-bond acceptors (Lipinski definition) is 3. The van der Waals surface area contributed by atoms with Gasteiger partial charge >= 0.3 is 39.3 Å². The summed E-state index contributed by atoms with van der Waals surface area (Å²) >= 11 is 14.0. The van der Waals surface area contributed by atoms with Gasteiger partial charge in [0.05, 0.1) is 23.5 Å². The summed E-state index contributed by atoms with van der Waals surface area (Å²) in [4.78, 5) is 12.6. The third-order valence-corrected chi connectivity index (χ3v) is 12.0. The SMILES string of the molecule is CC(=NC1C(C(C)C)CC(Br)CC1C(C)C)C(CCCO[Si](C)(C)C)=NC1C(C(C)C)CC(Br)CC1C(C)C.[Br][Ni][Br]. The molecule has 0 saturated heterocycles. The summed E-state index contributed by atoms with van der Waals surface area (Å²) in [6, 6.07) is 0.749. The second-order valence-electron chi connectivity index (χ2n) is 15.1. The van der Waals surface area contributed by atoms with Crippen LogP contribution in [0.15, 0.2) is 9.98 Å². The first kappa shape index (κ1) is 42.0. The van der Waals surface area contributed by atoms with E-state index in [1.54, 1.807) is 0 Å². The molecule has 4 unspecified atom stereocenters. The first-order chi connectivity index (χ1) is 19.4. The molecule has 3 nitrogen and oxygen atoms in total. The van der Waals surface area contributed by atoms with Gasteiger partial charge in [-0.25, -0.2) is 0 Å². The van der Waals surface area contributed by atoms with Gasteiger partial charge in [0.1, 0.15) is 0 Å². The van der Waals surface area contributed by atoms with Crippen LogP contribution in [0.4, 0.5) is 0 Å². The van der Waals surface area contributed by atoms with Crippen LogP contribution in [-0.2, 0) is 15.3 Å². The van der Waals surface area contributed by atoms with Gasteiger partial charge in [-0.2, -0.15) is 0 Å². The summed E-state index contributed by atoms with van der Waals surface area (Å²) in [5, 5.41) is 0. The molecule has 2 aliphatic carbocycles. The van der Waals surface area contributed by atoms with E-state index in [1.165, 1.54) is 48.0 Å². The molecular formula is C33H62Br4N2NiOSi. The van der Waals surface area contributed by atoms with Crippen molar-refractivity contribution >= 4 is 80.1 Å². The fourth-order valence-corrected chi connectivity index (χ4v) is 9.53. The van der Waals surface area contributed by atoms with Gasteiger partial charge in [0.2, 0.25) is 0 Å². The minimum absolute atomic E-state index is 0.372. The zero-order chi connectivity index (χ0) is 32.4. The van der Waals surface area contributed by atoms with Crippen LogP contribution in [0.25, 0.3) is 0 Å². The van der Waals surface area contributed by atoms with Crippen LogP contribution in [-0.4, -0.2) is 48.1 Å². The monoisotopic (exact) mass is 904 g/mol. The Balaban J connectivity index is 0.00000281. The molecule has 0 aliphatic heterocycles. The van der Waals surface area contributed by atoms with Crippen LogP contribution in [0.1, 0.15) is 101 Å². The molecule has 0 heterocycles. The van der Waals surface area contributed by atoms with Gasteiger partial charge in [0, 0.05) is 16.3 Å². The summed E-state index contributed by atoms with van der Waals surface area (Å²) in [7, 11) is -0.273. The molecule has 0 N–H and O–H groups in total. The number of aliphatic imine (C=N–C) groups is 2. The third kappa shape index (κ3) is 14.4. The van der Waals surface area contributed by atoms with Crippen LogP contribution in [0.5, 0.6) is 0 Å². The first-order valence-corrected chi connectivity index (χ1v) is 26.4. The van der Waals surface area contributed by atoms with E-state index in [0.717, 1.165) is 19.4 Å². The molecule has 0 bridgehead atoms. The zero-order valence-electron chi connectivity index (χ0n) is 28.5. The van der Waals surface area contributed by atoms with E-state index in [4.69, 9.17) is 14.4 Å². The number of alkyl halides is 2. The fourth-order valence-electron chi connectivity index (χ4n) is 7.05. The number of halogens is 4. The van der Waals surface area contributed by atoms with E-state index in [-0.39, 0.29) is 0 Å². The zero-order valence-corrected chi connectivity index (χ0v) is 36.8. The van der Waals surface area contributed by atoms with Gasteiger partial charge in [-0.3, -0.25) is 9.98 Å². The normalized spacial score (nSPS) is 31.7. The molecule has 42 heavy (non-hydrogen) atoms. The second-order valence-corrected chi connectivity index (χ2v) is 27.2. The summed E-state index contributed by atoms with van der Waals surface area (Å²) in [6.45, 7) is 29.1. The number of rotatable bonds is 12. The quantitative estimate of drug-likeness (QED) is 0.0831. The molecule has 0 aromatic rings. The van der Waals surface area contributed by atoms with Gasteiger partial charge in [-0.15, -0.1) is 0 Å². The van der Waals surface area contributed by atoms with Crippen molar-refractivity contribution in [1.29, 1.82) is 0 Å². The van der Waals surface area contributed by atoms with Crippen molar-refractivity contribution in [2.45, 2.75) is 142 Å². The Kier molecular flexibility index (Phi) is 20.3. The van der Waals surface area contributed by atoms with E-state index in [1.807, 2.05) is 0 Å². The molecule has 252 valence electrons. The van der Waals surface area contributed by atoms with Gasteiger partial charge in [0.25, 0.3) is 0 Å². The average Bonchev–Trinajstić information content (AvgIpc) is 2.86. The second kappa shape index (κ2) is 20.3. The third-order valence-electron chi connectivity index (χ3n) is 9.45. The minimum atomic E-state index is -1.52. The summed E-state index contributed by atoms with van der Waals surface area (Å²) in [6.07, 6.45) is 6.88. The molecule has 0 spiro atoms. The number of nitrogens with zero attached hydrogens (tertiary/aromatic N) is 2. The van der Waals surface area contributed by atoms with Crippen molar-refractivity contribution in [2.75, 3.05) is 6.61 Å². The standard InChI is InChI=1S/C33H62Br2N2OSi.2BrH.Ni/c1-20(2)27-16-25(34)17-28(21(3)4)32(27)36-24(9)31(14-13-15-38-39(10,11)12)37-33-29(22(5)6)18-26(35)19-30(33)23(7)8;;;/h20-23,25-30,32-33H,13-19H2,1-12H3;2*1H;/q;;;+2/p-2. The van der Waals surface area contributed by atoms with E-state index in [0.29, 0.717) is 69.1 Å². The Bertz CT molecular complexity index is 797. The molecule has 0 aromatic carbocycles. The van der Waals surface area contributed by atoms with Crippen molar-refractivity contribution < 1.29 is 15.3 Å². The molecule has 2 fully saturated rings. The molecule has 2 rings (SSSR count). The van der Waals surface area contributed by atoms with Crippen molar-refractivity contribution in [1.82, 2.24) is 0 Å². The van der Waals surface area contributed by atoms with E-state index in [2.05, 4.69) is 142 Å². The van der Waals surface area contributed by atoms with Crippen molar-refractivity contribution in [2.24, 2.45) is 57.3 Å². The molecule has 0 aromatic heterocycles. The summed E-state index contributed by atoms with van der Waals surface area (Å²) in [5.74, 6) is 4.93. The van der Waals surface area contributed by atoms with Gasteiger partial charge < -0.3 is 4.43 Å². The first-order valence-electron chi connectivity index (χ1n) is 16.3. The van der Waals surface area contributed by atoms with Crippen LogP contribution in [0.3, 0.4) is 0 Å². The van der Waals surface area contributed by atoms with Crippen molar-refractivity contribution in [3.63, 3.8) is 0 Å². The van der Waals surface area contributed by atoms with Crippen molar-refractivity contribution in [3.05, 3.63) is 0 Å². The Morgan fingerprint density at radius 1 is 0.714 bits per heavy atom. The maximum absolute atomic E-state index is 6.27. The topological polar surface area (TPSA) is 34.0 Å². The molecule has 2 saturated carbocycles. The van der Waals surface area contributed by atoms with E-state index < -0.39 is 8.32 Å².